The molecule has 0 aliphatic heterocycles. The molecule has 0 N–H and O–H groups in total. The van der Waals surface area contributed by atoms with Crippen molar-refractivity contribution >= 4 is 50.7 Å². The zero-order valence-corrected chi connectivity index (χ0v) is 24.5. The summed E-state index contributed by atoms with van der Waals surface area (Å²) in [6.45, 7) is 0.297. The molecule has 0 bridgehead atoms. The molecule has 9 heteroatoms. The van der Waals surface area contributed by atoms with Crippen LogP contribution in [0.2, 0.25) is 5.02 Å². The molecular weight excluding hydrogens is 568 g/mol. The average Bonchev–Trinajstić information content (AvgIpc) is 3.32. The molecule has 1 fully saturated rings. The zero-order valence-electron chi connectivity index (χ0n) is 22.2. The number of nitrogens with zero attached hydrogens (tertiary/aromatic N) is 3. The second-order valence-corrected chi connectivity index (χ2v) is 12.0. The first-order valence-corrected chi connectivity index (χ1v) is 14.6. The summed E-state index contributed by atoms with van der Waals surface area (Å²) in [6.07, 6.45) is 3.27. The van der Waals surface area contributed by atoms with E-state index in [9.17, 15) is 9.18 Å². The van der Waals surface area contributed by atoms with Gasteiger partial charge in [0.2, 0.25) is 0 Å². The lowest BCUT2D eigenvalue weighted by molar-refractivity contribution is 0.0589. The molecular formula is C31H28Cl2FN3O2S. The van der Waals surface area contributed by atoms with E-state index in [2.05, 4.69) is 6.07 Å². The zero-order chi connectivity index (χ0) is 28.4. The molecule has 1 amide bonds. The Morgan fingerprint density at radius 1 is 1.07 bits per heavy atom. The van der Waals surface area contributed by atoms with Gasteiger partial charge in [0.1, 0.15) is 16.4 Å². The molecule has 4 aromatic rings. The fraction of sp³-hybridized carbons (Fsp3) is 0.290. The Kier molecular flexibility index (Phi) is 8.62. The number of rotatable bonds is 7. The predicted octanol–water partition coefficient (Wildman–Crippen LogP) is 8.28. The minimum atomic E-state index is -0.438. The Balaban J connectivity index is 1.53. The number of hydrogen-bond acceptors (Lipinski definition) is 5. The number of fused-ring (bicyclic) bond motifs is 1. The Morgan fingerprint density at radius 2 is 1.75 bits per heavy atom. The largest absolute Gasteiger partial charge is 0.496 e. The van der Waals surface area contributed by atoms with Gasteiger partial charge in [0.15, 0.2) is 0 Å². The van der Waals surface area contributed by atoms with E-state index in [1.807, 2.05) is 42.3 Å². The number of amides is 1. The third-order valence-corrected chi connectivity index (χ3v) is 9.55. The summed E-state index contributed by atoms with van der Waals surface area (Å²) < 4.78 is 22.7. The van der Waals surface area contributed by atoms with Crippen LogP contribution < -0.4 is 4.74 Å². The summed E-state index contributed by atoms with van der Waals surface area (Å²) in [6, 6.07) is 20.4. The summed E-state index contributed by atoms with van der Waals surface area (Å²) in [7, 11) is 3.47. The van der Waals surface area contributed by atoms with Crippen molar-refractivity contribution in [2.45, 2.75) is 44.3 Å². The summed E-state index contributed by atoms with van der Waals surface area (Å²) >= 11 is 14.1. The van der Waals surface area contributed by atoms with Crippen LogP contribution in [0.4, 0.5) is 4.39 Å². The third-order valence-electron chi connectivity index (χ3n) is 7.64. The maximum Gasteiger partial charge on any atom is 0.266 e. The number of hydrogen-bond donors (Lipinski definition) is 0. The van der Waals surface area contributed by atoms with Gasteiger partial charge in [-0.1, -0.05) is 35.9 Å². The predicted molar refractivity (Wildman–Crippen MR) is 159 cm³/mol. The van der Waals surface area contributed by atoms with Crippen LogP contribution in [0.3, 0.4) is 0 Å². The lowest BCUT2D eigenvalue weighted by Gasteiger charge is -2.38. The van der Waals surface area contributed by atoms with E-state index in [-0.39, 0.29) is 28.4 Å². The number of thiophene rings is 1. The first kappa shape index (κ1) is 28.4. The highest BCUT2D eigenvalue weighted by molar-refractivity contribution is 7.21. The van der Waals surface area contributed by atoms with Crippen LogP contribution in [0.15, 0.2) is 60.7 Å². The van der Waals surface area contributed by atoms with Crippen molar-refractivity contribution in [1.82, 2.24) is 9.32 Å². The summed E-state index contributed by atoms with van der Waals surface area (Å²) in [5.74, 6) is 0.00348. The molecule has 1 saturated carbocycles. The second-order valence-electron chi connectivity index (χ2n) is 9.99. The Labute approximate surface area is 247 Å². The minimum Gasteiger partial charge on any atom is -0.496 e. The number of halogens is 3. The first-order valence-electron chi connectivity index (χ1n) is 13.0. The Bertz CT molecular complexity index is 1570. The summed E-state index contributed by atoms with van der Waals surface area (Å²) in [5, 5.41) is 9.60. The molecule has 1 heterocycles. The van der Waals surface area contributed by atoms with Gasteiger partial charge >= 0.3 is 0 Å². The molecule has 0 saturated heterocycles. The highest BCUT2D eigenvalue weighted by Crippen LogP contribution is 2.40. The van der Waals surface area contributed by atoms with Crippen LogP contribution in [0.5, 0.6) is 5.75 Å². The lowest BCUT2D eigenvalue weighted by atomic mass is 9.89. The van der Waals surface area contributed by atoms with E-state index in [1.54, 1.807) is 35.8 Å². The van der Waals surface area contributed by atoms with E-state index in [1.165, 1.54) is 17.4 Å². The van der Waals surface area contributed by atoms with Gasteiger partial charge in [-0.05, 0) is 85.0 Å². The standard InChI is InChI=1S/C31H28Cl2FN3O2S/c1-36(33)23-11-13-24(14-12-23)37(31(38)30-29(32)28-25(34)4-3-5-27(28)40-30)18-22-16-21(10-15-26(22)39-2)20-8-6-19(17-35)7-9-20/h3-10,15-16,23-24H,11-14,18H2,1-2H3. The maximum absolute atomic E-state index is 14.6. The second kappa shape index (κ2) is 12.2. The van der Waals surface area contributed by atoms with Gasteiger partial charge in [0, 0.05) is 41.3 Å². The van der Waals surface area contributed by atoms with Crippen molar-refractivity contribution in [3.63, 3.8) is 0 Å². The monoisotopic (exact) mass is 595 g/mol. The molecule has 0 spiro atoms. The van der Waals surface area contributed by atoms with Gasteiger partial charge < -0.3 is 9.64 Å². The normalized spacial score (nSPS) is 17.1. The number of benzene rings is 3. The quantitative estimate of drug-likeness (QED) is 0.202. The highest BCUT2D eigenvalue weighted by atomic mass is 35.5. The van der Waals surface area contributed by atoms with Crippen LogP contribution in [0.1, 0.15) is 46.5 Å². The van der Waals surface area contributed by atoms with Crippen LogP contribution in [0, 0.1) is 17.1 Å². The van der Waals surface area contributed by atoms with Crippen molar-refractivity contribution in [3.8, 4) is 22.9 Å². The van der Waals surface area contributed by atoms with Crippen LogP contribution in [-0.4, -0.2) is 41.5 Å². The van der Waals surface area contributed by atoms with Gasteiger partial charge in [0.25, 0.3) is 5.91 Å². The van der Waals surface area contributed by atoms with Gasteiger partial charge in [-0.15, -0.1) is 11.3 Å². The van der Waals surface area contributed by atoms with E-state index >= 15 is 0 Å². The minimum absolute atomic E-state index is 0.0465. The number of ether oxygens (including phenoxy) is 1. The molecule has 1 aliphatic rings. The molecule has 0 radical (unpaired) electrons. The topological polar surface area (TPSA) is 56.6 Å². The summed E-state index contributed by atoms with van der Waals surface area (Å²) in [4.78, 5) is 16.4. The Hall–Kier alpha value is -3.15. The van der Waals surface area contributed by atoms with E-state index in [0.29, 0.717) is 27.4 Å². The molecule has 0 unspecified atom stereocenters. The highest BCUT2D eigenvalue weighted by Gasteiger charge is 2.33. The number of methoxy groups -OCH3 is 1. The fourth-order valence-electron chi connectivity index (χ4n) is 5.43. The molecule has 206 valence electrons. The molecule has 1 aromatic heterocycles. The first-order chi connectivity index (χ1) is 19.3. The van der Waals surface area contributed by atoms with Crippen molar-refractivity contribution in [2.24, 2.45) is 0 Å². The number of nitriles is 1. The van der Waals surface area contributed by atoms with Crippen molar-refractivity contribution in [1.29, 1.82) is 5.26 Å². The molecule has 40 heavy (non-hydrogen) atoms. The van der Waals surface area contributed by atoms with E-state index in [0.717, 1.165) is 42.4 Å². The Morgan fingerprint density at radius 3 is 2.38 bits per heavy atom. The number of carbonyl (C=O) groups is 1. The van der Waals surface area contributed by atoms with E-state index < -0.39 is 5.82 Å². The van der Waals surface area contributed by atoms with Gasteiger partial charge in [-0.25, -0.2) is 8.81 Å². The van der Waals surface area contributed by atoms with Crippen molar-refractivity contribution in [2.75, 3.05) is 14.2 Å². The van der Waals surface area contributed by atoms with Gasteiger partial charge in [0.05, 0.1) is 23.8 Å². The van der Waals surface area contributed by atoms with E-state index in [4.69, 9.17) is 33.4 Å². The lowest BCUT2D eigenvalue weighted by Crippen LogP contribution is -2.44. The van der Waals surface area contributed by atoms with Crippen molar-refractivity contribution in [3.05, 3.63) is 87.5 Å². The average molecular weight is 597 g/mol. The van der Waals surface area contributed by atoms with Crippen LogP contribution in [-0.2, 0) is 6.54 Å². The molecule has 0 atom stereocenters. The molecule has 5 nitrogen and oxygen atoms in total. The maximum atomic E-state index is 14.6. The van der Waals surface area contributed by atoms with Gasteiger partial charge in [-0.3, -0.25) is 4.79 Å². The van der Waals surface area contributed by atoms with Crippen LogP contribution >= 0.6 is 34.7 Å². The SMILES string of the molecule is COc1ccc(-c2ccc(C#N)cc2)cc1CN(C(=O)c1sc2cccc(F)c2c1Cl)C1CCC(N(C)Cl)CC1. The van der Waals surface area contributed by atoms with Gasteiger partial charge in [-0.2, -0.15) is 5.26 Å². The molecule has 1 aliphatic carbocycles. The smallest absolute Gasteiger partial charge is 0.266 e. The van der Waals surface area contributed by atoms with Crippen molar-refractivity contribution < 1.29 is 13.9 Å². The fourth-order valence-corrected chi connectivity index (χ4v) is 7.14. The number of carbonyl (C=O) groups excluding carboxylic acids is 1. The molecule has 5 rings (SSSR count). The summed E-state index contributed by atoms with van der Waals surface area (Å²) in [5.41, 5.74) is 3.33. The van der Waals surface area contributed by atoms with Crippen LogP contribution in [0.25, 0.3) is 21.2 Å². The third kappa shape index (κ3) is 5.68. The molecule has 3 aromatic carbocycles.